The number of hydrogen-bond acceptors (Lipinski definition) is 5. The van der Waals surface area contributed by atoms with Gasteiger partial charge in [0.15, 0.2) is 0 Å². The third-order valence-electron chi connectivity index (χ3n) is 2.90. The molecule has 116 valence electrons. The molecule has 0 atom stereocenters. The topological polar surface area (TPSA) is 64.0 Å². The molecule has 0 radical (unpaired) electrons. The first kappa shape index (κ1) is 15.7. The van der Waals surface area contributed by atoms with Crippen LogP contribution in [0.4, 0.5) is 0 Å². The van der Waals surface area contributed by atoms with E-state index in [0.29, 0.717) is 10.9 Å². The zero-order valence-electron chi connectivity index (χ0n) is 11.3. The molecule has 0 saturated carbocycles. The van der Waals surface area contributed by atoms with Crippen molar-refractivity contribution in [1.82, 2.24) is 14.5 Å². The summed E-state index contributed by atoms with van der Waals surface area (Å²) in [5.41, 5.74) is 1.95. The molecule has 0 bridgehead atoms. The van der Waals surface area contributed by atoms with Gasteiger partial charge >= 0.3 is 0 Å². The average molecular weight is 374 g/mol. The number of rotatable bonds is 6. The molecule has 3 aromatic rings. The first-order valence-corrected chi connectivity index (χ1v) is 9.98. The second kappa shape index (κ2) is 6.51. The van der Waals surface area contributed by atoms with Crippen molar-refractivity contribution in [3.63, 3.8) is 0 Å². The quantitative estimate of drug-likeness (QED) is 0.721. The second-order valence-corrected chi connectivity index (χ2v) is 8.92. The Bertz CT molecular complexity index is 853. The van der Waals surface area contributed by atoms with Crippen molar-refractivity contribution in [2.24, 2.45) is 0 Å². The molecule has 0 aliphatic heterocycles. The van der Waals surface area contributed by atoms with Crippen LogP contribution in [-0.4, -0.2) is 24.7 Å². The number of aromatic nitrogens is 2. The van der Waals surface area contributed by atoms with Gasteiger partial charge in [-0.05, 0) is 29.6 Å². The maximum Gasteiger partial charge on any atom is 0.250 e. The van der Waals surface area contributed by atoms with Gasteiger partial charge in [0.2, 0.25) is 10.0 Å². The van der Waals surface area contributed by atoms with Crippen LogP contribution in [0, 0.1) is 0 Å². The van der Waals surface area contributed by atoms with Crippen molar-refractivity contribution in [3.05, 3.63) is 45.6 Å². The molecule has 0 aliphatic rings. The van der Waals surface area contributed by atoms with E-state index >= 15 is 0 Å². The summed E-state index contributed by atoms with van der Waals surface area (Å²) < 4.78 is 29.0. The molecule has 0 aromatic carbocycles. The molecule has 3 aromatic heterocycles. The fourth-order valence-corrected chi connectivity index (χ4v) is 5.06. The van der Waals surface area contributed by atoms with Crippen LogP contribution in [0.1, 0.15) is 0 Å². The molecule has 9 heteroatoms. The van der Waals surface area contributed by atoms with Gasteiger partial charge in [0, 0.05) is 23.7 Å². The number of thiophene rings is 2. The van der Waals surface area contributed by atoms with Crippen molar-refractivity contribution in [2.75, 3.05) is 6.54 Å². The molecule has 3 heterocycles. The molecular formula is C13H12ClN3O2S3. The first-order chi connectivity index (χ1) is 10.5. The monoisotopic (exact) mass is 373 g/mol. The van der Waals surface area contributed by atoms with Gasteiger partial charge in [0.05, 0.1) is 16.6 Å². The summed E-state index contributed by atoms with van der Waals surface area (Å²) in [6.45, 7) is 0.727. The smallest absolute Gasteiger partial charge is 0.250 e. The van der Waals surface area contributed by atoms with E-state index in [9.17, 15) is 8.42 Å². The Labute approximate surface area is 141 Å². The van der Waals surface area contributed by atoms with E-state index in [1.807, 2.05) is 29.1 Å². The van der Waals surface area contributed by atoms with E-state index in [2.05, 4.69) is 9.82 Å². The highest BCUT2D eigenvalue weighted by molar-refractivity contribution is 7.91. The molecule has 22 heavy (non-hydrogen) atoms. The highest BCUT2D eigenvalue weighted by Gasteiger charge is 2.15. The summed E-state index contributed by atoms with van der Waals surface area (Å²) in [4.78, 5) is 0. The van der Waals surface area contributed by atoms with Crippen LogP contribution in [-0.2, 0) is 16.6 Å². The lowest BCUT2D eigenvalue weighted by Gasteiger charge is -2.04. The fraction of sp³-hybridized carbons (Fsp3) is 0.154. The number of nitrogens with zero attached hydrogens (tertiary/aromatic N) is 2. The average Bonchev–Trinajstić information content (AvgIpc) is 3.18. The predicted octanol–water partition coefficient (Wildman–Crippen LogP) is 3.31. The molecule has 0 spiro atoms. The SMILES string of the molecule is O=S(=O)(NCCn1ccc(-c2ccsc2)n1)c1ccc(Cl)s1. The summed E-state index contributed by atoms with van der Waals surface area (Å²) in [6.07, 6.45) is 1.84. The van der Waals surface area contributed by atoms with Crippen molar-refractivity contribution in [2.45, 2.75) is 10.8 Å². The molecule has 0 unspecified atom stereocenters. The lowest BCUT2D eigenvalue weighted by Crippen LogP contribution is -2.27. The van der Waals surface area contributed by atoms with Gasteiger partial charge in [-0.1, -0.05) is 11.6 Å². The summed E-state index contributed by atoms with van der Waals surface area (Å²) in [5, 5.41) is 8.44. The Morgan fingerprint density at radius 1 is 1.27 bits per heavy atom. The molecule has 5 nitrogen and oxygen atoms in total. The van der Waals surface area contributed by atoms with E-state index in [1.165, 1.54) is 6.07 Å². The van der Waals surface area contributed by atoms with Crippen LogP contribution < -0.4 is 4.72 Å². The molecule has 0 fully saturated rings. The van der Waals surface area contributed by atoms with Crippen LogP contribution in [0.3, 0.4) is 0 Å². The molecular weight excluding hydrogens is 362 g/mol. The Morgan fingerprint density at radius 3 is 2.82 bits per heavy atom. The molecule has 3 rings (SSSR count). The Balaban J connectivity index is 1.59. The summed E-state index contributed by atoms with van der Waals surface area (Å²) in [6, 6.07) is 6.98. The van der Waals surface area contributed by atoms with Crippen LogP contribution in [0.15, 0.2) is 45.4 Å². The summed E-state index contributed by atoms with van der Waals surface area (Å²) in [5.74, 6) is 0. The summed E-state index contributed by atoms with van der Waals surface area (Å²) in [7, 11) is -3.50. The molecule has 0 saturated heterocycles. The van der Waals surface area contributed by atoms with Gasteiger partial charge in [-0.2, -0.15) is 16.4 Å². The standard InChI is InChI=1S/C13H12ClN3O2S3/c14-12-1-2-13(21-12)22(18,19)15-5-7-17-6-3-11(16-17)10-4-8-20-9-10/h1-4,6,8-9,15H,5,7H2. The molecule has 0 amide bonds. The van der Waals surface area contributed by atoms with Gasteiger partial charge in [-0.15, -0.1) is 11.3 Å². The second-order valence-electron chi connectivity index (χ2n) is 4.43. The van der Waals surface area contributed by atoms with Crippen LogP contribution in [0.5, 0.6) is 0 Å². The van der Waals surface area contributed by atoms with Crippen LogP contribution in [0.2, 0.25) is 4.34 Å². The Kier molecular flexibility index (Phi) is 4.65. The zero-order chi connectivity index (χ0) is 15.6. The Hall–Kier alpha value is -1.19. The third kappa shape index (κ3) is 3.58. The lowest BCUT2D eigenvalue weighted by molar-refractivity contribution is 0.563. The first-order valence-electron chi connectivity index (χ1n) is 6.36. The highest BCUT2D eigenvalue weighted by Crippen LogP contribution is 2.25. The van der Waals surface area contributed by atoms with Gasteiger partial charge in [-0.25, -0.2) is 13.1 Å². The summed E-state index contributed by atoms with van der Waals surface area (Å²) >= 11 is 8.41. The minimum absolute atomic E-state index is 0.219. The van der Waals surface area contributed by atoms with Gasteiger partial charge in [-0.3, -0.25) is 4.68 Å². The maximum atomic E-state index is 12.0. The van der Waals surface area contributed by atoms with Crippen LogP contribution >= 0.6 is 34.3 Å². The fourth-order valence-electron chi connectivity index (χ4n) is 1.86. The van der Waals surface area contributed by atoms with Gasteiger partial charge in [0.1, 0.15) is 4.21 Å². The number of halogens is 1. The number of nitrogens with one attached hydrogen (secondary N) is 1. The normalized spacial score (nSPS) is 11.9. The van der Waals surface area contributed by atoms with E-state index in [0.717, 1.165) is 22.6 Å². The number of hydrogen-bond donors (Lipinski definition) is 1. The minimum Gasteiger partial charge on any atom is -0.271 e. The highest BCUT2D eigenvalue weighted by atomic mass is 35.5. The Morgan fingerprint density at radius 2 is 2.14 bits per heavy atom. The number of sulfonamides is 1. The minimum atomic E-state index is -3.50. The predicted molar refractivity (Wildman–Crippen MR) is 90.1 cm³/mol. The van der Waals surface area contributed by atoms with Gasteiger partial charge < -0.3 is 0 Å². The van der Waals surface area contributed by atoms with Crippen LogP contribution in [0.25, 0.3) is 11.3 Å². The maximum absolute atomic E-state index is 12.0. The van der Waals surface area contributed by atoms with E-state index in [1.54, 1.807) is 22.1 Å². The zero-order valence-corrected chi connectivity index (χ0v) is 14.5. The van der Waals surface area contributed by atoms with Crippen molar-refractivity contribution >= 4 is 44.3 Å². The third-order valence-corrected chi connectivity index (χ3v) is 6.77. The lowest BCUT2D eigenvalue weighted by atomic mass is 10.2. The van der Waals surface area contributed by atoms with Crippen molar-refractivity contribution in [3.8, 4) is 11.3 Å². The van der Waals surface area contributed by atoms with Crippen molar-refractivity contribution in [1.29, 1.82) is 0 Å². The van der Waals surface area contributed by atoms with E-state index in [4.69, 9.17) is 11.6 Å². The van der Waals surface area contributed by atoms with E-state index in [-0.39, 0.29) is 10.8 Å². The van der Waals surface area contributed by atoms with E-state index < -0.39 is 10.0 Å². The van der Waals surface area contributed by atoms with Gasteiger partial charge in [0.25, 0.3) is 0 Å². The molecule has 0 aliphatic carbocycles. The van der Waals surface area contributed by atoms with Crippen molar-refractivity contribution < 1.29 is 8.42 Å². The molecule has 1 N–H and O–H groups in total. The largest absolute Gasteiger partial charge is 0.271 e.